The average Bonchev–Trinajstić information content (AvgIpc) is 2.77. The third kappa shape index (κ3) is 4.05. The van der Waals surface area contributed by atoms with Gasteiger partial charge in [-0.3, -0.25) is 0 Å². The maximum atomic E-state index is 13.5. The lowest BCUT2D eigenvalue weighted by molar-refractivity contribution is 0.477. The van der Waals surface area contributed by atoms with Crippen LogP contribution >= 0.6 is 22.9 Å². The van der Waals surface area contributed by atoms with Gasteiger partial charge < -0.3 is 5.32 Å². The van der Waals surface area contributed by atoms with Crippen LogP contribution in [-0.4, -0.2) is 6.04 Å². The van der Waals surface area contributed by atoms with Crippen LogP contribution in [0, 0.1) is 12.7 Å². The maximum absolute atomic E-state index is 13.5. The summed E-state index contributed by atoms with van der Waals surface area (Å²) < 4.78 is 13.5. The molecular formula is C16H19ClFNS. The predicted molar refractivity (Wildman–Crippen MR) is 85.2 cm³/mol. The van der Waals surface area contributed by atoms with Gasteiger partial charge in [-0.25, -0.2) is 4.39 Å². The van der Waals surface area contributed by atoms with E-state index in [0.29, 0.717) is 6.04 Å². The summed E-state index contributed by atoms with van der Waals surface area (Å²) in [6, 6.07) is 9.72. The van der Waals surface area contributed by atoms with Gasteiger partial charge in [0.2, 0.25) is 0 Å². The van der Waals surface area contributed by atoms with E-state index in [1.165, 1.54) is 15.8 Å². The second-order valence-electron chi connectivity index (χ2n) is 5.18. The van der Waals surface area contributed by atoms with E-state index < -0.39 is 0 Å². The highest BCUT2D eigenvalue weighted by Crippen LogP contribution is 2.21. The highest BCUT2D eigenvalue weighted by molar-refractivity contribution is 7.11. The van der Waals surface area contributed by atoms with Crippen LogP contribution in [0.25, 0.3) is 0 Å². The molecule has 0 amide bonds. The lowest BCUT2D eigenvalue weighted by atomic mass is 10.1. The third-order valence-electron chi connectivity index (χ3n) is 3.28. The van der Waals surface area contributed by atoms with Crippen LogP contribution in [0.1, 0.15) is 35.2 Å². The quantitative estimate of drug-likeness (QED) is 0.807. The van der Waals surface area contributed by atoms with Crippen LogP contribution in [0.15, 0.2) is 30.3 Å². The number of halogens is 2. The molecule has 1 heterocycles. The zero-order chi connectivity index (χ0) is 14.7. The molecule has 0 radical (unpaired) electrons. The fourth-order valence-electron chi connectivity index (χ4n) is 2.26. The molecule has 4 heteroatoms. The summed E-state index contributed by atoms with van der Waals surface area (Å²) in [5.41, 5.74) is 0.918. The summed E-state index contributed by atoms with van der Waals surface area (Å²) in [5.74, 6) is -0.362. The topological polar surface area (TPSA) is 12.0 Å². The number of thiophene rings is 1. The van der Waals surface area contributed by atoms with Gasteiger partial charge in [0.1, 0.15) is 5.82 Å². The number of benzene rings is 1. The van der Waals surface area contributed by atoms with Crippen molar-refractivity contribution in [3.8, 4) is 0 Å². The minimum absolute atomic E-state index is 0.0952. The van der Waals surface area contributed by atoms with E-state index in [-0.39, 0.29) is 16.9 Å². The number of rotatable bonds is 5. The van der Waals surface area contributed by atoms with Gasteiger partial charge in [0, 0.05) is 21.8 Å². The molecule has 20 heavy (non-hydrogen) atoms. The smallest absolute Gasteiger partial charge is 0.142 e. The average molecular weight is 312 g/mol. The fraction of sp³-hybridized carbons (Fsp3) is 0.375. The van der Waals surface area contributed by atoms with Crippen LogP contribution in [0.2, 0.25) is 5.02 Å². The zero-order valence-electron chi connectivity index (χ0n) is 11.9. The molecule has 108 valence electrons. The highest BCUT2D eigenvalue weighted by atomic mass is 35.5. The van der Waals surface area contributed by atoms with E-state index in [2.05, 4.69) is 31.3 Å². The summed E-state index contributed by atoms with van der Waals surface area (Å²) in [7, 11) is 0. The Kier molecular flexibility index (Phi) is 5.19. The summed E-state index contributed by atoms with van der Waals surface area (Å²) in [4.78, 5) is 2.71. The predicted octanol–water partition coefficient (Wildman–Crippen LogP) is 5.13. The molecule has 2 aromatic rings. The largest absolute Gasteiger partial charge is 0.307 e. The summed E-state index contributed by atoms with van der Waals surface area (Å²) >= 11 is 7.53. The van der Waals surface area contributed by atoms with Gasteiger partial charge in [-0.1, -0.05) is 17.7 Å². The molecule has 0 bridgehead atoms. The summed E-state index contributed by atoms with van der Waals surface area (Å²) in [5, 5.41) is 3.67. The Morgan fingerprint density at radius 1 is 1.25 bits per heavy atom. The molecule has 0 fully saturated rings. The van der Waals surface area contributed by atoms with Crippen LogP contribution < -0.4 is 5.32 Å². The minimum atomic E-state index is -0.362. The molecule has 0 saturated heterocycles. The third-order valence-corrected chi connectivity index (χ3v) is 4.61. The van der Waals surface area contributed by atoms with Gasteiger partial charge >= 0.3 is 0 Å². The summed E-state index contributed by atoms with van der Waals surface area (Å²) in [6.45, 7) is 6.31. The SMILES string of the molecule is Cc1ccc(CC(C)NC(C)c2ccc(Cl)c(F)c2)s1. The molecule has 0 saturated carbocycles. The molecule has 2 rings (SSSR count). The van der Waals surface area contributed by atoms with E-state index in [0.717, 1.165) is 12.0 Å². The lowest BCUT2D eigenvalue weighted by Gasteiger charge is -2.20. The van der Waals surface area contributed by atoms with Crippen LogP contribution in [0.3, 0.4) is 0 Å². The van der Waals surface area contributed by atoms with Gasteiger partial charge in [0.05, 0.1) is 5.02 Å². The Morgan fingerprint density at radius 3 is 2.60 bits per heavy atom. The van der Waals surface area contributed by atoms with Crippen LogP contribution in [-0.2, 0) is 6.42 Å². The monoisotopic (exact) mass is 311 g/mol. The first-order chi connectivity index (χ1) is 9.45. The second-order valence-corrected chi connectivity index (χ2v) is 6.96. The van der Waals surface area contributed by atoms with E-state index in [1.54, 1.807) is 6.07 Å². The van der Waals surface area contributed by atoms with Crippen LogP contribution in [0.4, 0.5) is 4.39 Å². The van der Waals surface area contributed by atoms with Crippen molar-refractivity contribution >= 4 is 22.9 Å². The van der Waals surface area contributed by atoms with Crippen molar-refractivity contribution in [3.05, 3.63) is 56.5 Å². The van der Waals surface area contributed by atoms with Crippen molar-refractivity contribution in [1.29, 1.82) is 0 Å². The highest BCUT2D eigenvalue weighted by Gasteiger charge is 2.12. The molecule has 0 aliphatic carbocycles. The van der Waals surface area contributed by atoms with Crippen molar-refractivity contribution in [3.63, 3.8) is 0 Å². The fourth-order valence-corrected chi connectivity index (χ4v) is 3.40. The lowest BCUT2D eigenvalue weighted by Crippen LogP contribution is -2.30. The first-order valence-corrected chi connectivity index (χ1v) is 7.91. The number of aryl methyl sites for hydroxylation is 1. The molecule has 1 aromatic heterocycles. The molecule has 2 atom stereocenters. The van der Waals surface area contributed by atoms with Crippen LogP contribution in [0.5, 0.6) is 0 Å². The Morgan fingerprint density at radius 2 is 2.00 bits per heavy atom. The van der Waals surface area contributed by atoms with E-state index in [9.17, 15) is 4.39 Å². The zero-order valence-corrected chi connectivity index (χ0v) is 13.5. The van der Waals surface area contributed by atoms with Gasteiger partial charge in [-0.05, 0) is 57.0 Å². The summed E-state index contributed by atoms with van der Waals surface area (Å²) in [6.07, 6.45) is 0.985. The standard InChI is InChI=1S/C16H19ClFNS/c1-10(8-14-6-4-11(2)20-14)19-12(3)13-5-7-15(17)16(18)9-13/h4-7,9-10,12,19H,8H2,1-3H3. The molecule has 1 aromatic carbocycles. The van der Waals surface area contributed by atoms with E-state index in [1.807, 2.05) is 24.3 Å². The Bertz CT molecular complexity index is 582. The Labute approximate surface area is 128 Å². The van der Waals surface area contributed by atoms with Gasteiger partial charge in [0.25, 0.3) is 0 Å². The molecule has 0 spiro atoms. The first-order valence-electron chi connectivity index (χ1n) is 6.72. The maximum Gasteiger partial charge on any atom is 0.142 e. The Hall–Kier alpha value is -0.900. The van der Waals surface area contributed by atoms with E-state index in [4.69, 9.17) is 11.6 Å². The van der Waals surface area contributed by atoms with Crippen molar-refractivity contribution in [2.24, 2.45) is 0 Å². The van der Waals surface area contributed by atoms with Crippen molar-refractivity contribution < 1.29 is 4.39 Å². The molecule has 1 N–H and O–H groups in total. The normalized spacial score (nSPS) is 14.2. The van der Waals surface area contributed by atoms with Crippen molar-refractivity contribution in [2.75, 3.05) is 0 Å². The van der Waals surface area contributed by atoms with Crippen molar-refractivity contribution in [1.82, 2.24) is 5.32 Å². The number of nitrogens with one attached hydrogen (secondary N) is 1. The molecule has 0 aliphatic rings. The number of hydrogen-bond acceptors (Lipinski definition) is 2. The first kappa shape index (κ1) is 15.5. The molecular weight excluding hydrogens is 293 g/mol. The van der Waals surface area contributed by atoms with Crippen molar-refractivity contribution in [2.45, 2.75) is 39.3 Å². The molecule has 0 aliphatic heterocycles. The molecule has 1 nitrogen and oxygen atoms in total. The second kappa shape index (κ2) is 6.70. The minimum Gasteiger partial charge on any atom is -0.307 e. The Balaban J connectivity index is 1.96. The van der Waals surface area contributed by atoms with Gasteiger partial charge in [0.15, 0.2) is 0 Å². The van der Waals surface area contributed by atoms with E-state index >= 15 is 0 Å². The van der Waals surface area contributed by atoms with Gasteiger partial charge in [-0.15, -0.1) is 11.3 Å². The molecule has 2 unspecified atom stereocenters. The van der Waals surface area contributed by atoms with Gasteiger partial charge in [-0.2, -0.15) is 0 Å². The number of hydrogen-bond donors (Lipinski definition) is 1.